The molecule has 2 bridgehead atoms. The third-order valence-corrected chi connectivity index (χ3v) is 16.3. The van der Waals surface area contributed by atoms with Crippen LogP contribution in [0.15, 0.2) is 85.3 Å². The predicted octanol–water partition coefficient (Wildman–Crippen LogP) is 9.16. The Bertz CT molecular complexity index is 3470. The molecule has 0 spiro atoms. The number of imidazole rings is 1. The van der Waals surface area contributed by atoms with E-state index in [0.29, 0.717) is 67.2 Å². The van der Waals surface area contributed by atoms with Crippen molar-refractivity contribution in [1.82, 2.24) is 50.1 Å². The Morgan fingerprint density at radius 3 is 2.59 bits per heavy atom. The highest BCUT2D eigenvalue weighted by molar-refractivity contribution is 6.06. The molecular formula is C58H64N12O5. The Balaban J connectivity index is 0.879. The van der Waals surface area contributed by atoms with Crippen molar-refractivity contribution in [1.29, 1.82) is 0 Å². The first-order valence-electron chi connectivity index (χ1n) is 26.7. The summed E-state index contributed by atoms with van der Waals surface area (Å²) in [5.41, 5.74) is 12.3. The van der Waals surface area contributed by atoms with Crippen LogP contribution < -0.4 is 25.0 Å². The first kappa shape index (κ1) is 47.4. The number of para-hydroxylation sites is 2. The number of aryl methyl sites for hydroxylation is 1. The van der Waals surface area contributed by atoms with Crippen molar-refractivity contribution >= 4 is 50.6 Å². The van der Waals surface area contributed by atoms with Crippen molar-refractivity contribution in [2.75, 3.05) is 50.1 Å². The van der Waals surface area contributed by atoms with E-state index in [9.17, 15) is 9.90 Å². The molecule has 17 nitrogen and oxygen atoms in total. The van der Waals surface area contributed by atoms with E-state index in [1.54, 1.807) is 0 Å². The Hall–Kier alpha value is -7.34. The summed E-state index contributed by atoms with van der Waals surface area (Å²) in [4.78, 5) is 36.6. The highest BCUT2D eigenvalue weighted by atomic mass is 16.5. The van der Waals surface area contributed by atoms with Gasteiger partial charge in [0, 0.05) is 103 Å². The van der Waals surface area contributed by atoms with Gasteiger partial charge in [0.1, 0.15) is 35.6 Å². The summed E-state index contributed by atoms with van der Waals surface area (Å²) in [7, 11) is 1.89. The summed E-state index contributed by atoms with van der Waals surface area (Å²) < 4.78 is 21.6. The van der Waals surface area contributed by atoms with E-state index in [0.717, 1.165) is 135 Å². The average molecular weight is 1010 g/mol. The Morgan fingerprint density at radius 2 is 1.83 bits per heavy atom. The molecule has 4 aromatic heterocycles. The van der Waals surface area contributed by atoms with Crippen molar-refractivity contribution in [3.8, 4) is 34.0 Å². The monoisotopic (exact) mass is 1010 g/mol. The summed E-state index contributed by atoms with van der Waals surface area (Å²) in [6.07, 6.45) is 9.37. The molecular weight excluding hydrogens is 945 g/mol. The smallest absolute Gasteiger partial charge is 0.319 e. The predicted molar refractivity (Wildman–Crippen MR) is 289 cm³/mol. The zero-order valence-electron chi connectivity index (χ0n) is 43.0. The number of ether oxygens (including phenoxy) is 3. The number of H-pyrrole nitrogens is 2. The van der Waals surface area contributed by atoms with Gasteiger partial charge in [0.25, 0.3) is 0 Å². The molecule has 17 heteroatoms. The lowest BCUT2D eigenvalue weighted by atomic mass is 9.89. The van der Waals surface area contributed by atoms with Crippen LogP contribution in [0.4, 0.5) is 11.5 Å². The quantitative estimate of drug-likeness (QED) is 0.0575. The fourth-order valence-electron chi connectivity index (χ4n) is 12.5. The number of fused-ring (bicyclic) bond motifs is 5. The first-order chi connectivity index (χ1) is 36.6. The third-order valence-electron chi connectivity index (χ3n) is 16.3. The first-order valence-corrected chi connectivity index (χ1v) is 26.7. The normalized spacial score (nSPS) is 21.3. The number of carbonyl (C=O) groups excluding carboxylic acids is 1. The maximum absolute atomic E-state index is 13.0. The van der Waals surface area contributed by atoms with Crippen LogP contribution in [-0.2, 0) is 11.3 Å². The number of aldehydes is 1. The number of carbonyl (C=O) groups is 1. The zero-order valence-corrected chi connectivity index (χ0v) is 43.0. The fraction of sp³-hybridized carbons (Fsp3) is 0.414. The molecule has 13 rings (SSSR count). The van der Waals surface area contributed by atoms with Crippen LogP contribution in [-0.4, -0.2) is 120 Å². The number of nitrogens with zero attached hydrogens (tertiary/aromatic N) is 8. The van der Waals surface area contributed by atoms with Crippen molar-refractivity contribution in [2.45, 2.75) is 108 Å². The third kappa shape index (κ3) is 8.54. The fourth-order valence-corrected chi connectivity index (χ4v) is 12.5. The Kier molecular flexibility index (Phi) is 12.1. The number of aromatic amines is 2. The largest absolute Gasteiger partial charge is 0.486 e. The molecule has 5 unspecified atom stereocenters. The van der Waals surface area contributed by atoms with Crippen molar-refractivity contribution in [3.05, 3.63) is 114 Å². The molecule has 75 heavy (non-hydrogen) atoms. The van der Waals surface area contributed by atoms with Gasteiger partial charge < -0.3 is 44.7 Å². The number of anilines is 2. The van der Waals surface area contributed by atoms with Crippen molar-refractivity contribution in [3.63, 3.8) is 0 Å². The number of rotatable bonds is 16. The van der Waals surface area contributed by atoms with Gasteiger partial charge in [-0.15, -0.1) is 0 Å². The lowest BCUT2D eigenvalue weighted by molar-refractivity contribution is 0.0219. The maximum atomic E-state index is 13.0. The van der Waals surface area contributed by atoms with Crippen LogP contribution in [0.3, 0.4) is 0 Å². The molecule has 5 fully saturated rings. The molecule has 8 heterocycles. The number of β-amino-alcohol motifs (C(OH)–C–C–N with tert-alkyl or cyclic N) is 1. The standard InChI is InChI=1S/C58H64N12O5/c1-31(2)54(33(4)68-27-38(72)22-50(68)56-62-46-8-6-7-9-47(46)63-56)70-28-44(49(29-71)67-70)40-14-11-34(20-48(40)59-5)30-74-55-52(51-32(3)10-15-45-43(51)25-61-66-45)41(35-12-13-35)23-42-53(55)64-58(75-39-16-18-73-19-17-39)65-57(42)69-26-36-21-37(69)24-60-36/h6-11,14-15,20,23,25,28-29,31,35-39,50,54,59-60,72H,4,12-13,16-19,21-22,24,26-27,30H2,1-3,5H3,(H,61,66)(H,62,63). The molecule has 8 aromatic rings. The minimum atomic E-state index is -0.559. The summed E-state index contributed by atoms with van der Waals surface area (Å²) >= 11 is 0. The summed E-state index contributed by atoms with van der Waals surface area (Å²) in [6.45, 7) is 14.7. The molecule has 0 radical (unpaired) electrons. The molecule has 4 saturated heterocycles. The minimum Gasteiger partial charge on any atom is -0.486 e. The molecule has 4 aliphatic heterocycles. The number of piperazine rings is 1. The van der Waals surface area contributed by atoms with Crippen LogP contribution >= 0.6 is 0 Å². The molecule has 4 aromatic carbocycles. The van der Waals surface area contributed by atoms with Gasteiger partial charge in [-0.25, -0.2) is 4.98 Å². The van der Waals surface area contributed by atoms with Crippen molar-refractivity contribution < 1.29 is 24.1 Å². The highest BCUT2D eigenvalue weighted by Gasteiger charge is 2.42. The molecule has 5 N–H and O–H groups in total. The number of benzene rings is 4. The summed E-state index contributed by atoms with van der Waals surface area (Å²) in [6, 6.07) is 21.3. The number of nitrogens with one attached hydrogen (secondary N) is 4. The van der Waals surface area contributed by atoms with Gasteiger partial charge in [-0.1, -0.05) is 50.8 Å². The van der Waals surface area contributed by atoms with E-state index < -0.39 is 6.10 Å². The van der Waals surface area contributed by atoms with Gasteiger partial charge in [-0.2, -0.15) is 20.2 Å². The second-order valence-electron chi connectivity index (χ2n) is 21.7. The number of hydrogen-bond donors (Lipinski definition) is 5. The Labute approximate surface area is 435 Å². The summed E-state index contributed by atoms with van der Waals surface area (Å²) in [5, 5.41) is 32.9. The van der Waals surface area contributed by atoms with E-state index in [4.69, 9.17) is 34.3 Å². The zero-order chi connectivity index (χ0) is 51.1. The number of hydrogen-bond acceptors (Lipinski definition) is 14. The number of likely N-dealkylation sites (tertiary alicyclic amines) is 1. The maximum Gasteiger partial charge on any atom is 0.319 e. The van der Waals surface area contributed by atoms with Crippen molar-refractivity contribution in [2.24, 2.45) is 5.92 Å². The summed E-state index contributed by atoms with van der Waals surface area (Å²) in [5.74, 6) is 2.77. The van der Waals surface area contributed by atoms with E-state index in [-0.39, 0.29) is 30.7 Å². The lowest BCUT2D eigenvalue weighted by Gasteiger charge is -2.34. The van der Waals surface area contributed by atoms with Crippen LogP contribution in [0, 0.1) is 12.8 Å². The molecule has 0 amide bonds. The van der Waals surface area contributed by atoms with Crippen LogP contribution in [0.1, 0.15) is 103 Å². The molecule has 386 valence electrons. The number of aliphatic hydroxyl groups is 1. The van der Waals surface area contributed by atoms with Crippen LogP contribution in [0.25, 0.3) is 55.1 Å². The molecule has 1 aliphatic carbocycles. The molecule has 5 aliphatic rings. The lowest BCUT2D eigenvalue weighted by Crippen LogP contribution is -2.44. The van der Waals surface area contributed by atoms with Gasteiger partial charge in [0.05, 0.1) is 54.1 Å². The topological polar surface area (TPSA) is 196 Å². The number of aliphatic hydroxyl groups excluding tert-OH is 1. The van der Waals surface area contributed by atoms with Gasteiger partial charge in [0.2, 0.25) is 0 Å². The van der Waals surface area contributed by atoms with Gasteiger partial charge in [0.15, 0.2) is 12.0 Å². The van der Waals surface area contributed by atoms with Crippen LogP contribution in [0.5, 0.6) is 11.8 Å². The van der Waals surface area contributed by atoms with E-state index >= 15 is 0 Å². The molecule has 5 atom stereocenters. The van der Waals surface area contributed by atoms with Gasteiger partial charge in [-0.3, -0.25) is 14.6 Å². The van der Waals surface area contributed by atoms with E-state index in [1.165, 1.54) is 5.56 Å². The van der Waals surface area contributed by atoms with Crippen LogP contribution in [0.2, 0.25) is 0 Å². The SMILES string of the molecule is C=C(C(C(C)C)n1cc(-c2ccc(COc3c(-c4c(C)ccc5[nH]ncc45)c(C4CC4)cc4c(N5CC6CC5CN6)nc(OC5CCOCC5)nc34)cc2NC)c(C=O)n1)N1CC(O)CC1c1nc2ccccc2[nH]1. The van der Waals surface area contributed by atoms with E-state index in [1.807, 2.05) is 54.5 Å². The Morgan fingerprint density at radius 1 is 0.973 bits per heavy atom. The second kappa shape index (κ2) is 19.1. The highest BCUT2D eigenvalue weighted by Crippen LogP contribution is 2.53. The average Bonchev–Trinajstić information content (AvgIpc) is 4.06. The molecule has 1 saturated carbocycles. The van der Waals surface area contributed by atoms with E-state index in [2.05, 4.69) is 93.3 Å². The van der Waals surface area contributed by atoms with Gasteiger partial charge in [-0.05, 0) is 90.6 Å². The second-order valence-corrected chi connectivity index (χ2v) is 21.7. The van der Waals surface area contributed by atoms with Gasteiger partial charge >= 0.3 is 6.01 Å². The minimum absolute atomic E-state index is 0.0408. The number of aromatic nitrogens is 8. The number of allylic oxidation sites excluding steroid dienone is 1.